The molecular formula is C46H52IN. The number of benzene rings is 5. The Morgan fingerprint density at radius 2 is 0.812 bits per heavy atom. The van der Waals surface area contributed by atoms with Crippen LogP contribution in [0.4, 0.5) is 0 Å². The van der Waals surface area contributed by atoms with Crippen LogP contribution in [0.1, 0.15) is 105 Å². The van der Waals surface area contributed by atoms with Crippen LogP contribution in [0.5, 0.6) is 0 Å². The van der Waals surface area contributed by atoms with Crippen molar-refractivity contribution in [3.05, 3.63) is 123 Å². The molecule has 1 aromatic heterocycles. The summed E-state index contributed by atoms with van der Waals surface area (Å²) < 4.78 is 3.75. The Balaban J connectivity index is 1.74. The van der Waals surface area contributed by atoms with Gasteiger partial charge in [-0.05, 0) is 119 Å². The SMILES string of the molecule is CC(C)(C)c1cc(-c2cc(-c3cc(C(C)(C)C)cc(C(C)(C)C)c3)cc(-n3c4ccccc4c4cccc(I)c43)c2)cc(C(C)(C)C)c1. The van der Waals surface area contributed by atoms with Crippen LogP contribution < -0.4 is 0 Å². The van der Waals surface area contributed by atoms with Crippen molar-refractivity contribution in [1.82, 2.24) is 4.57 Å². The van der Waals surface area contributed by atoms with Crippen molar-refractivity contribution in [2.75, 3.05) is 0 Å². The lowest BCUT2D eigenvalue weighted by Crippen LogP contribution is -2.16. The second-order valence-electron chi connectivity index (χ2n) is 17.9. The highest BCUT2D eigenvalue weighted by molar-refractivity contribution is 14.1. The molecule has 48 heavy (non-hydrogen) atoms. The molecule has 0 aliphatic heterocycles. The van der Waals surface area contributed by atoms with Crippen molar-refractivity contribution < 1.29 is 0 Å². The molecule has 0 radical (unpaired) electrons. The van der Waals surface area contributed by atoms with E-state index in [1.54, 1.807) is 0 Å². The molecular weight excluding hydrogens is 693 g/mol. The number of hydrogen-bond acceptors (Lipinski definition) is 0. The fourth-order valence-electron chi connectivity index (χ4n) is 6.64. The Hall–Kier alpha value is -3.37. The van der Waals surface area contributed by atoms with Crippen LogP contribution in [0.25, 0.3) is 49.7 Å². The van der Waals surface area contributed by atoms with E-state index in [0.29, 0.717) is 0 Å². The molecule has 0 saturated carbocycles. The molecule has 2 heteroatoms. The zero-order chi connectivity index (χ0) is 35.0. The van der Waals surface area contributed by atoms with Crippen molar-refractivity contribution in [3.63, 3.8) is 0 Å². The molecule has 0 atom stereocenters. The molecule has 0 amide bonds. The molecule has 1 nitrogen and oxygen atoms in total. The van der Waals surface area contributed by atoms with Gasteiger partial charge in [-0.1, -0.05) is 150 Å². The average molecular weight is 746 g/mol. The number of halogens is 1. The van der Waals surface area contributed by atoms with Crippen LogP contribution in [-0.2, 0) is 21.7 Å². The quantitative estimate of drug-likeness (QED) is 0.159. The minimum absolute atomic E-state index is 0.0298. The molecule has 5 aromatic carbocycles. The highest BCUT2D eigenvalue weighted by Gasteiger charge is 2.24. The van der Waals surface area contributed by atoms with E-state index in [1.165, 1.54) is 75.6 Å². The second-order valence-corrected chi connectivity index (χ2v) is 19.0. The summed E-state index contributed by atoms with van der Waals surface area (Å²) in [5.74, 6) is 0. The van der Waals surface area contributed by atoms with Crippen molar-refractivity contribution in [1.29, 1.82) is 0 Å². The van der Waals surface area contributed by atoms with Crippen molar-refractivity contribution in [3.8, 4) is 27.9 Å². The standard InChI is InChI=1S/C46H52IN/c1-43(2,3)33-21-31(22-34(27-33)44(4,5)6)29-20-30(32-23-35(45(7,8)9)28-36(24-32)46(10,11)12)26-37(25-29)48-41-19-14-13-16-38(41)39-17-15-18-40(47)42(39)48/h13-28H,1-12H3. The molecule has 0 bridgehead atoms. The molecule has 0 N–H and O–H groups in total. The monoisotopic (exact) mass is 745 g/mol. The van der Waals surface area contributed by atoms with Gasteiger partial charge in [-0.25, -0.2) is 0 Å². The van der Waals surface area contributed by atoms with Gasteiger partial charge >= 0.3 is 0 Å². The van der Waals surface area contributed by atoms with E-state index in [1.807, 2.05) is 0 Å². The Morgan fingerprint density at radius 1 is 0.417 bits per heavy atom. The van der Waals surface area contributed by atoms with E-state index in [2.05, 4.69) is 207 Å². The normalized spacial score (nSPS) is 13.1. The molecule has 0 fully saturated rings. The van der Waals surface area contributed by atoms with Gasteiger partial charge in [0.2, 0.25) is 0 Å². The number of nitrogens with zero attached hydrogens (tertiary/aromatic N) is 1. The Morgan fingerprint density at radius 3 is 1.25 bits per heavy atom. The van der Waals surface area contributed by atoms with Gasteiger partial charge in [0.25, 0.3) is 0 Å². The van der Waals surface area contributed by atoms with Crippen LogP contribution >= 0.6 is 22.6 Å². The van der Waals surface area contributed by atoms with E-state index < -0.39 is 0 Å². The van der Waals surface area contributed by atoms with Gasteiger partial charge in [-0.15, -0.1) is 0 Å². The van der Waals surface area contributed by atoms with Crippen LogP contribution in [0.3, 0.4) is 0 Å². The molecule has 0 aliphatic carbocycles. The summed E-state index contributed by atoms with van der Waals surface area (Å²) in [5.41, 5.74) is 14.3. The van der Waals surface area contributed by atoms with Gasteiger partial charge in [0.15, 0.2) is 0 Å². The fraction of sp³-hybridized carbons (Fsp3) is 0.348. The summed E-state index contributed by atoms with van der Waals surface area (Å²) in [6, 6.07) is 37.4. The molecule has 0 spiro atoms. The molecule has 248 valence electrons. The third-order valence-corrected chi connectivity index (χ3v) is 10.7. The van der Waals surface area contributed by atoms with Crippen molar-refractivity contribution in [2.24, 2.45) is 0 Å². The number of para-hydroxylation sites is 2. The van der Waals surface area contributed by atoms with Crippen LogP contribution in [0, 0.1) is 3.57 Å². The lowest BCUT2D eigenvalue weighted by atomic mass is 9.78. The molecule has 0 aliphatic rings. The van der Waals surface area contributed by atoms with Gasteiger partial charge in [-0.2, -0.15) is 0 Å². The first-order valence-corrected chi connectivity index (χ1v) is 18.5. The van der Waals surface area contributed by atoms with Gasteiger partial charge in [0, 0.05) is 20.0 Å². The minimum Gasteiger partial charge on any atom is -0.308 e. The molecule has 0 unspecified atom stereocenters. The zero-order valence-electron chi connectivity index (χ0n) is 31.1. The predicted octanol–water partition coefficient (Wildman–Crippen LogP) is 13.9. The maximum absolute atomic E-state index is 2.52. The lowest BCUT2D eigenvalue weighted by molar-refractivity contribution is 0.568. The summed E-state index contributed by atoms with van der Waals surface area (Å²) >= 11 is 2.52. The first-order valence-electron chi connectivity index (χ1n) is 17.4. The van der Waals surface area contributed by atoms with Gasteiger partial charge in [0.1, 0.15) is 0 Å². The lowest BCUT2D eigenvalue weighted by Gasteiger charge is -2.27. The third kappa shape index (κ3) is 6.62. The van der Waals surface area contributed by atoms with Crippen LogP contribution in [0.2, 0.25) is 0 Å². The van der Waals surface area contributed by atoms with Crippen LogP contribution in [0.15, 0.2) is 97.1 Å². The van der Waals surface area contributed by atoms with Gasteiger partial charge in [0.05, 0.1) is 11.0 Å². The average Bonchev–Trinajstić information content (AvgIpc) is 3.34. The first kappa shape index (κ1) is 34.5. The van der Waals surface area contributed by atoms with Crippen molar-refractivity contribution in [2.45, 2.75) is 105 Å². The molecule has 1 heterocycles. The summed E-state index contributed by atoms with van der Waals surface area (Å²) in [6.07, 6.45) is 0. The highest BCUT2D eigenvalue weighted by atomic mass is 127. The molecule has 0 saturated heterocycles. The van der Waals surface area contributed by atoms with Gasteiger partial charge in [-0.3, -0.25) is 0 Å². The number of hydrogen-bond donors (Lipinski definition) is 0. The zero-order valence-corrected chi connectivity index (χ0v) is 33.2. The first-order chi connectivity index (χ1) is 22.2. The summed E-state index contributed by atoms with van der Waals surface area (Å²) in [6.45, 7) is 27.9. The van der Waals surface area contributed by atoms with E-state index in [4.69, 9.17) is 0 Å². The number of rotatable bonds is 3. The molecule has 6 rings (SSSR count). The Labute approximate surface area is 302 Å². The predicted molar refractivity (Wildman–Crippen MR) is 219 cm³/mol. The Bertz CT molecular complexity index is 2010. The minimum atomic E-state index is 0.0298. The Kier molecular flexibility index (Phi) is 8.55. The largest absolute Gasteiger partial charge is 0.308 e. The third-order valence-electron chi connectivity index (χ3n) is 9.82. The summed E-state index contributed by atoms with van der Waals surface area (Å²) in [7, 11) is 0. The van der Waals surface area contributed by atoms with Crippen LogP contribution in [-0.4, -0.2) is 4.57 Å². The van der Waals surface area contributed by atoms with E-state index in [0.717, 1.165) is 0 Å². The number of aromatic nitrogens is 1. The maximum atomic E-state index is 2.52. The van der Waals surface area contributed by atoms with E-state index in [-0.39, 0.29) is 21.7 Å². The number of fused-ring (bicyclic) bond motifs is 3. The smallest absolute Gasteiger partial charge is 0.0674 e. The summed E-state index contributed by atoms with van der Waals surface area (Å²) in [4.78, 5) is 0. The maximum Gasteiger partial charge on any atom is 0.0674 e. The molecule has 6 aromatic rings. The van der Waals surface area contributed by atoms with Gasteiger partial charge < -0.3 is 4.57 Å². The second kappa shape index (κ2) is 11.9. The topological polar surface area (TPSA) is 4.93 Å². The van der Waals surface area contributed by atoms with E-state index in [9.17, 15) is 0 Å². The van der Waals surface area contributed by atoms with Crippen molar-refractivity contribution >= 4 is 44.4 Å². The van der Waals surface area contributed by atoms with E-state index >= 15 is 0 Å². The highest BCUT2D eigenvalue weighted by Crippen LogP contribution is 2.41. The summed E-state index contributed by atoms with van der Waals surface area (Å²) in [5, 5.41) is 2.58. The fourth-order valence-corrected chi connectivity index (χ4v) is 7.38.